The van der Waals surface area contributed by atoms with Gasteiger partial charge in [0.05, 0.1) is 50.9 Å². The highest BCUT2D eigenvalue weighted by molar-refractivity contribution is 7.80. The van der Waals surface area contributed by atoms with Crippen LogP contribution in [0.5, 0.6) is 0 Å². The lowest BCUT2D eigenvalue weighted by atomic mass is 10.1. The summed E-state index contributed by atoms with van der Waals surface area (Å²) >= 11 is 1.16. The molecule has 0 aliphatic heterocycles. The first-order chi connectivity index (χ1) is 16.7. The van der Waals surface area contributed by atoms with Gasteiger partial charge in [-0.05, 0) is 50.1 Å². The van der Waals surface area contributed by atoms with E-state index in [1.54, 1.807) is 6.92 Å². The van der Waals surface area contributed by atoms with Crippen LogP contribution in [0.4, 0.5) is 21.4 Å². The lowest BCUT2D eigenvalue weighted by Gasteiger charge is -2.23. The number of anilines is 1. The first kappa shape index (κ1) is 28.3. The maximum Gasteiger partial charge on any atom is 0.397 e. The Morgan fingerprint density at radius 1 is 1.17 bits per heavy atom. The number of nitriles is 1. The number of ether oxygens (including phenoxy) is 2. The summed E-state index contributed by atoms with van der Waals surface area (Å²) in [6.07, 6.45) is 0. The van der Waals surface area contributed by atoms with Gasteiger partial charge in [0.25, 0.3) is 0 Å². The lowest BCUT2D eigenvalue weighted by Crippen LogP contribution is -2.27. The molecule has 0 bridgehead atoms. The van der Waals surface area contributed by atoms with E-state index in [2.05, 4.69) is 30.2 Å². The molecule has 1 aromatic heterocycles. The molecule has 2 aromatic rings. The molecule has 11 nitrogen and oxygen atoms in total. The third-order valence-corrected chi connectivity index (χ3v) is 6.36. The molecule has 1 heterocycles. The van der Waals surface area contributed by atoms with Gasteiger partial charge < -0.3 is 14.4 Å². The zero-order valence-electron chi connectivity index (χ0n) is 19.7. The fourth-order valence-corrected chi connectivity index (χ4v) is 4.15. The van der Waals surface area contributed by atoms with Crippen molar-refractivity contribution < 1.29 is 26.6 Å². The quantitative estimate of drug-likeness (QED) is 0.161. The van der Waals surface area contributed by atoms with Crippen LogP contribution in [0.1, 0.15) is 23.6 Å². The van der Waals surface area contributed by atoms with Crippen LogP contribution in [0, 0.1) is 31.8 Å². The van der Waals surface area contributed by atoms with Crippen molar-refractivity contribution in [1.82, 2.24) is 0 Å². The van der Waals surface area contributed by atoms with Crippen molar-refractivity contribution in [3.8, 4) is 6.07 Å². The molecule has 1 N–H and O–H groups in total. The molecule has 0 radical (unpaired) electrons. The zero-order chi connectivity index (χ0) is 25.8. The van der Waals surface area contributed by atoms with Crippen LogP contribution in [0.15, 0.2) is 28.4 Å². The van der Waals surface area contributed by atoms with E-state index in [9.17, 15) is 13.7 Å². The lowest BCUT2D eigenvalue weighted by molar-refractivity contribution is 0.0378. The third kappa shape index (κ3) is 8.99. The molecular weight excluding hydrogens is 494 g/mol. The zero-order valence-corrected chi connectivity index (χ0v) is 21.4. The van der Waals surface area contributed by atoms with Crippen LogP contribution in [0.2, 0.25) is 0 Å². The molecule has 188 valence electrons. The standard InChI is InChI=1S/C22H27N5O6S2/c1-5-27(8-9-31-10-11-32-12-13-33-35(28,29)30)18-6-7-20(16(2)14-18)25-26-22-19(15-23)17(3)21(24-4)34-22/h6-7,14H,5,8-13H2,1-3H3,(H,28,29,30). The Morgan fingerprint density at radius 3 is 2.46 bits per heavy atom. The van der Waals surface area contributed by atoms with Crippen molar-refractivity contribution in [3.05, 3.63) is 46.3 Å². The average Bonchev–Trinajstić information content (AvgIpc) is 3.13. The van der Waals surface area contributed by atoms with Gasteiger partial charge in [-0.1, -0.05) is 0 Å². The smallest absolute Gasteiger partial charge is 0.377 e. The molecule has 0 fully saturated rings. The Bertz CT molecular complexity index is 1210. The summed E-state index contributed by atoms with van der Waals surface area (Å²) < 4.78 is 44.1. The molecule has 0 atom stereocenters. The number of azo groups is 1. The van der Waals surface area contributed by atoms with Crippen molar-refractivity contribution in [2.75, 3.05) is 51.0 Å². The molecule has 0 saturated heterocycles. The Labute approximate surface area is 209 Å². The summed E-state index contributed by atoms with van der Waals surface area (Å²) in [5.41, 5.74) is 3.62. The van der Waals surface area contributed by atoms with Gasteiger partial charge in [0, 0.05) is 18.8 Å². The van der Waals surface area contributed by atoms with Gasteiger partial charge in [-0.15, -0.1) is 21.6 Å². The number of thiophene rings is 1. The molecule has 0 amide bonds. The number of benzene rings is 1. The fourth-order valence-electron chi connectivity index (χ4n) is 3.01. The molecular formula is C22H27N5O6S2. The van der Waals surface area contributed by atoms with Gasteiger partial charge in [0.1, 0.15) is 11.1 Å². The SMILES string of the molecule is [C-]#[N+]c1sc(N=Nc2ccc(N(CC)CCOCCOCCOS(=O)(=O)O)cc2C)c(C#N)c1C. The Hall–Kier alpha value is -2.91. The number of aryl methyl sites for hydroxylation is 1. The van der Waals surface area contributed by atoms with E-state index in [1.165, 1.54) is 0 Å². The summed E-state index contributed by atoms with van der Waals surface area (Å²) in [5.74, 6) is 0. The van der Waals surface area contributed by atoms with Crippen LogP contribution < -0.4 is 4.90 Å². The van der Waals surface area contributed by atoms with E-state index in [0.29, 0.717) is 46.6 Å². The Kier molecular flexibility index (Phi) is 11.2. The maximum atomic E-state index is 10.4. The summed E-state index contributed by atoms with van der Waals surface area (Å²) in [5, 5.41) is 18.8. The van der Waals surface area contributed by atoms with Crippen molar-refractivity contribution >= 4 is 43.1 Å². The van der Waals surface area contributed by atoms with E-state index in [0.717, 1.165) is 29.1 Å². The molecule has 35 heavy (non-hydrogen) atoms. The summed E-state index contributed by atoms with van der Waals surface area (Å²) in [6.45, 7) is 15.2. The van der Waals surface area contributed by atoms with Crippen molar-refractivity contribution in [2.24, 2.45) is 10.2 Å². The Morgan fingerprint density at radius 2 is 1.86 bits per heavy atom. The van der Waals surface area contributed by atoms with E-state index >= 15 is 0 Å². The highest BCUT2D eigenvalue weighted by Crippen LogP contribution is 2.41. The second kappa shape index (κ2) is 13.8. The van der Waals surface area contributed by atoms with E-state index < -0.39 is 10.4 Å². The van der Waals surface area contributed by atoms with Gasteiger partial charge >= 0.3 is 10.4 Å². The van der Waals surface area contributed by atoms with Gasteiger partial charge in [0.2, 0.25) is 5.00 Å². The normalized spacial score (nSPS) is 11.5. The number of hydrogen-bond acceptors (Lipinski definition) is 10. The van der Waals surface area contributed by atoms with Gasteiger partial charge in [0.15, 0.2) is 0 Å². The summed E-state index contributed by atoms with van der Waals surface area (Å²) in [4.78, 5) is 5.58. The van der Waals surface area contributed by atoms with Crippen molar-refractivity contribution in [3.63, 3.8) is 0 Å². The van der Waals surface area contributed by atoms with Crippen LogP contribution in [0.3, 0.4) is 0 Å². The molecule has 13 heteroatoms. The second-order valence-electron chi connectivity index (χ2n) is 7.16. The van der Waals surface area contributed by atoms with Gasteiger partial charge in [-0.3, -0.25) is 4.55 Å². The third-order valence-electron chi connectivity index (χ3n) is 4.83. The highest BCUT2D eigenvalue weighted by Gasteiger charge is 2.14. The van der Waals surface area contributed by atoms with Crippen molar-refractivity contribution in [2.45, 2.75) is 20.8 Å². The van der Waals surface area contributed by atoms with Crippen LogP contribution in [-0.4, -0.2) is 59.1 Å². The topological polar surface area (TPSA) is 138 Å². The Balaban J connectivity index is 1.86. The van der Waals surface area contributed by atoms with Gasteiger partial charge in [-0.25, -0.2) is 9.03 Å². The predicted molar refractivity (Wildman–Crippen MR) is 132 cm³/mol. The largest absolute Gasteiger partial charge is 0.397 e. The molecule has 0 saturated carbocycles. The predicted octanol–water partition coefficient (Wildman–Crippen LogP) is 4.88. The minimum absolute atomic E-state index is 0.0256. The van der Waals surface area contributed by atoms with Crippen LogP contribution in [-0.2, 0) is 24.1 Å². The van der Waals surface area contributed by atoms with Crippen LogP contribution in [0.25, 0.3) is 4.85 Å². The second-order valence-corrected chi connectivity index (χ2v) is 9.23. The molecule has 1 aromatic carbocycles. The monoisotopic (exact) mass is 521 g/mol. The first-order valence-electron chi connectivity index (χ1n) is 10.7. The van der Waals surface area contributed by atoms with E-state index in [1.807, 2.05) is 32.0 Å². The number of rotatable bonds is 14. The molecule has 0 aliphatic rings. The molecule has 0 aliphatic carbocycles. The number of nitrogens with zero attached hydrogens (tertiary/aromatic N) is 5. The number of likely N-dealkylation sites (N-methyl/N-ethyl adjacent to an activating group) is 1. The van der Waals surface area contributed by atoms with Gasteiger partial charge in [-0.2, -0.15) is 13.7 Å². The minimum atomic E-state index is -4.44. The molecule has 0 unspecified atom stereocenters. The number of hydrogen-bond donors (Lipinski definition) is 1. The van der Waals surface area contributed by atoms with Crippen LogP contribution >= 0.6 is 11.3 Å². The summed E-state index contributed by atoms with van der Waals surface area (Å²) in [7, 11) is -4.44. The first-order valence-corrected chi connectivity index (χ1v) is 12.8. The molecule has 2 rings (SSSR count). The molecule has 0 spiro atoms. The fraction of sp³-hybridized carbons (Fsp3) is 0.455. The van der Waals surface area contributed by atoms with Crippen molar-refractivity contribution in [1.29, 1.82) is 5.26 Å². The maximum absolute atomic E-state index is 10.4. The highest BCUT2D eigenvalue weighted by atomic mass is 32.3. The van der Waals surface area contributed by atoms with E-state index in [4.69, 9.17) is 20.6 Å². The minimum Gasteiger partial charge on any atom is -0.377 e. The summed E-state index contributed by atoms with van der Waals surface area (Å²) in [6, 6.07) is 7.91. The van der Waals surface area contributed by atoms with E-state index in [-0.39, 0.29) is 19.8 Å². The average molecular weight is 522 g/mol.